The first-order chi connectivity index (χ1) is 9.08. The second-order valence-electron chi connectivity index (χ2n) is 4.52. The first kappa shape index (κ1) is 14.3. The van der Waals surface area contributed by atoms with Crippen molar-refractivity contribution in [2.24, 2.45) is 5.73 Å². The first-order valence-electron chi connectivity index (χ1n) is 6.28. The van der Waals surface area contributed by atoms with E-state index in [1.165, 1.54) is 0 Å². The van der Waals surface area contributed by atoms with Gasteiger partial charge < -0.3 is 10.5 Å². The van der Waals surface area contributed by atoms with Crippen molar-refractivity contribution in [2.75, 3.05) is 26.2 Å². The van der Waals surface area contributed by atoms with Gasteiger partial charge in [-0.25, -0.2) is 13.2 Å². The predicted molar refractivity (Wildman–Crippen MR) is 65.1 cm³/mol. The van der Waals surface area contributed by atoms with Gasteiger partial charge in [-0.1, -0.05) is 6.92 Å². The summed E-state index contributed by atoms with van der Waals surface area (Å²) in [6.07, 6.45) is -0.349. The number of morpholine rings is 1. The zero-order valence-corrected chi connectivity index (χ0v) is 10.7. The van der Waals surface area contributed by atoms with E-state index in [9.17, 15) is 13.2 Å². The monoisotopic (exact) mass is 274 g/mol. The Labute approximate surface area is 110 Å². The van der Waals surface area contributed by atoms with E-state index in [1.54, 1.807) is 0 Å². The Hall–Kier alpha value is -1.11. The topological polar surface area (TPSA) is 38.5 Å². The number of rotatable bonds is 3. The molecule has 106 valence electrons. The lowest BCUT2D eigenvalue weighted by Crippen LogP contribution is -2.48. The molecule has 0 radical (unpaired) electrons. The smallest absolute Gasteiger partial charge is 0.194 e. The predicted octanol–water partition coefficient (Wildman–Crippen LogP) is 1.82. The van der Waals surface area contributed by atoms with E-state index in [-0.39, 0.29) is 18.7 Å². The van der Waals surface area contributed by atoms with Crippen LogP contribution >= 0.6 is 0 Å². The molecule has 0 saturated carbocycles. The Morgan fingerprint density at radius 2 is 1.95 bits per heavy atom. The van der Waals surface area contributed by atoms with Crippen LogP contribution in [0.25, 0.3) is 0 Å². The van der Waals surface area contributed by atoms with Crippen LogP contribution in [0, 0.1) is 17.5 Å². The van der Waals surface area contributed by atoms with Gasteiger partial charge in [-0.05, 0) is 24.2 Å². The van der Waals surface area contributed by atoms with Crippen molar-refractivity contribution in [1.29, 1.82) is 0 Å². The summed E-state index contributed by atoms with van der Waals surface area (Å²) in [4.78, 5) is 2.02. The van der Waals surface area contributed by atoms with Crippen LogP contribution in [0.4, 0.5) is 13.2 Å². The number of halogens is 3. The van der Waals surface area contributed by atoms with E-state index in [0.29, 0.717) is 25.3 Å². The molecule has 1 aromatic rings. The Morgan fingerprint density at radius 1 is 1.32 bits per heavy atom. The maximum atomic E-state index is 13.4. The van der Waals surface area contributed by atoms with Crippen LogP contribution in [0.15, 0.2) is 12.1 Å². The number of hydrogen-bond acceptors (Lipinski definition) is 3. The highest BCUT2D eigenvalue weighted by molar-refractivity contribution is 5.24. The van der Waals surface area contributed by atoms with Crippen LogP contribution in [0.5, 0.6) is 0 Å². The van der Waals surface area contributed by atoms with Gasteiger partial charge in [-0.15, -0.1) is 0 Å². The van der Waals surface area contributed by atoms with Gasteiger partial charge in [-0.3, -0.25) is 4.90 Å². The highest BCUT2D eigenvalue weighted by Crippen LogP contribution is 2.30. The molecule has 2 rings (SSSR count). The largest absolute Gasteiger partial charge is 0.374 e. The van der Waals surface area contributed by atoms with Crippen LogP contribution < -0.4 is 5.73 Å². The molecule has 1 aliphatic heterocycles. The molecule has 1 fully saturated rings. The Kier molecular flexibility index (Phi) is 4.44. The summed E-state index contributed by atoms with van der Waals surface area (Å²) in [7, 11) is 0. The van der Waals surface area contributed by atoms with E-state index in [2.05, 4.69) is 0 Å². The fraction of sp³-hybridized carbons (Fsp3) is 0.538. The molecule has 2 N–H and O–H groups in total. The lowest BCUT2D eigenvalue weighted by Gasteiger charge is -2.40. The molecular formula is C13H17F3N2O. The summed E-state index contributed by atoms with van der Waals surface area (Å²) in [5.74, 6) is -3.83. The molecule has 0 aliphatic carbocycles. The van der Waals surface area contributed by atoms with Gasteiger partial charge in [0.1, 0.15) is 0 Å². The fourth-order valence-electron chi connectivity index (χ4n) is 2.51. The van der Waals surface area contributed by atoms with Gasteiger partial charge in [0.15, 0.2) is 17.5 Å². The molecule has 0 bridgehead atoms. The van der Waals surface area contributed by atoms with Crippen molar-refractivity contribution in [2.45, 2.75) is 19.1 Å². The summed E-state index contributed by atoms with van der Waals surface area (Å²) in [6, 6.07) is 1.68. The molecule has 0 spiro atoms. The molecule has 0 amide bonds. The number of likely N-dealkylation sites (N-methyl/N-ethyl adjacent to an activating group) is 1. The third-order valence-corrected chi connectivity index (χ3v) is 3.44. The van der Waals surface area contributed by atoms with Gasteiger partial charge in [0.05, 0.1) is 18.8 Å². The molecule has 1 aromatic carbocycles. The van der Waals surface area contributed by atoms with Crippen molar-refractivity contribution in [3.05, 3.63) is 35.1 Å². The number of benzene rings is 1. The standard InChI is InChI=1S/C13H17F3N2O/c1-2-18-3-4-19-11(7-17)13(18)8-5-9(14)12(16)10(15)6-8/h5-6,11,13H,2-4,7,17H2,1H3. The molecule has 2 atom stereocenters. The maximum Gasteiger partial charge on any atom is 0.194 e. The molecular weight excluding hydrogens is 257 g/mol. The summed E-state index contributed by atoms with van der Waals surface area (Å²) in [6.45, 7) is 4.06. The van der Waals surface area contributed by atoms with E-state index < -0.39 is 17.5 Å². The zero-order chi connectivity index (χ0) is 14.0. The normalized spacial score (nSPS) is 24.7. The van der Waals surface area contributed by atoms with Gasteiger partial charge in [0.2, 0.25) is 0 Å². The van der Waals surface area contributed by atoms with Gasteiger partial charge in [-0.2, -0.15) is 0 Å². The summed E-state index contributed by atoms with van der Waals surface area (Å²) < 4.78 is 45.3. The van der Waals surface area contributed by atoms with E-state index in [0.717, 1.165) is 12.1 Å². The molecule has 1 heterocycles. The zero-order valence-electron chi connectivity index (χ0n) is 10.7. The summed E-state index contributed by atoms with van der Waals surface area (Å²) >= 11 is 0. The quantitative estimate of drug-likeness (QED) is 0.855. The van der Waals surface area contributed by atoms with Crippen LogP contribution in [0.3, 0.4) is 0 Å². The Morgan fingerprint density at radius 3 is 2.47 bits per heavy atom. The molecule has 1 aliphatic rings. The minimum Gasteiger partial charge on any atom is -0.374 e. The lowest BCUT2D eigenvalue weighted by molar-refractivity contribution is -0.0660. The van der Waals surface area contributed by atoms with Crippen LogP contribution in [0.1, 0.15) is 18.5 Å². The number of hydrogen-bond donors (Lipinski definition) is 1. The van der Waals surface area contributed by atoms with Crippen molar-refractivity contribution < 1.29 is 17.9 Å². The SMILES string of the molecule is CCN1CCOC(CN)C1c1cc(F)c(F)c(F)c1. The highest BCUT2D eigenvalue weighted by atomic mass is 19.2. The maximum absolute atomic E-state index is 13.4. The number of nitrogens with zero attached hydrogens (tertiary/aromatic N) is 1. The second-order valence-corrected chi connectivity index (χ2v) is 4.52. The molecule has 1 saturated heterocycles. The molecule has 19 heavy (non-hydrogen) atoms. The second kappa shape index (κ2) is 5.90. The number of ether oxygens (including phenoxy) is 1. The minimum atomic E-state index is -1.45. The van der Waals surface area contributed by atoms with Crippen LogP contribution in [-0.2, 0) is 4.74 Å². The average Bonchev–Trinajstić information content (AvgIpc) is 2.43. The summed E-state index contributed by atoms with van der Waals surface area (Å²) in [5, 5.41) is 0. The first-order valence-corrected chi connectivity index (χ1v) is 6.28. The van der Waals surface area contributed by atoms with Crippen molar-refractivity contribution in [3.8, 4) is 0 Å². The number of nitrogens with two attached hydrogens (primary N) is 1. The van der Waals surface area contributed by atoms with Crippen LogP contribution in [-0.4, -0.2) is 37.2 Å². The third kappa shape index (κ3) is 2.75. The van der Waals surface area contributed by atoms with Crippen molar-refractivity contribution >= 4 is 0 Å². The van der Waals surface area contributed by atoms with Gasteiger partial charge in [0, 0.05) is 13.1 Å². The van der Waals surface area contributed by atoms with E-state index in [4.69, 9.17) is 10.5 Å². The van der Waals surface area contributed by atoms with Crippen LogP contribution in [0.2, 0.25) is 0 Å². The summed E-state index contributed by atoms with van der Waals surface area (Å²) in [5.41, 5.74) is 6.00. The lowest BCUT2D eigenvalue weighted by atomic mass is 9.97. The van der Waals surface area contributed by atoms with Crippen molar-refractivity contribution in [3.63, 3.8) is 0 Å². The minimum absolute atomic E-state index is 0.238. The molecule has 2 unspecified atom stereocenters. The third-order valence-electron chi connectivity index (χ3n) is 3.44. The fourth-order valence-corrected chi connectivity index (χ4v) is 2.51. The Bertz CT molecular complexity index is 421. The molecule has 0 aromatic heterocycles. The van der Waals surface area contributed by atoms with E-state index >= 15 is 0 Å². The average molecular weight is 274 g/mol. The molecule has 3 nitrogen and oxygen atoms in total. The van der Waals surface area contributed by atoms with Gasteiger partial charge in [0.25, 0.3) is 0 Å². The van der Waals surface area contributed by atoms with Gasteiger partial charge >= 0.3 is 0 Å². The highest BCUT2D eigenvalue weighted by Gasteiger charge is 2.33. The van der Waals surface area contributed by atoms with Crippen molar-refractivity contribution in [1.82, 2.24) is 4.90 Å². The van der Waals surface area contributed by atoms with E-state index in [1.807, 2.05) is 11.8 Å². The Balaban J connectivity index is 2.40. The molecule has 6 heteroatoms.